The molecule has 0 saturated carbocycles. The van der Waals surface area contributed by atoms with Crippen molar-refractivity contribution >= 4 is 5.91 Å². The van der Waals surface area contributed by atoms with E-state index in [0.29, 0.717) is 35.8 Å². The van der Waals surface area contributed by atoms with Gasteiger partial charge in [-0.25, -0.2) is 0 Å². The number of fused-ring (bicyclic) bond motifs is 1. The Kier molecular flexibility index (Phi) is 5.54. The van der Waals surface area contributed by atoms with E-state index in [1.54, 1.807) is 38.3 Å². The van der Waals surface area contributed by atoms with Crippen molar-refractivity contribution in [1.82, 2.24) is 4.90 Å². The number of allylic oxidation sites excluding steroid dienone is 1. The molecule has 2 aromatic carbocycles. The van der Waals surface area contributed by atoms with Crippen LogP contribution in [0.15, 0.2) is 43.0 Å². The van der Waals surface area contributed by atoms with Gasteiger partial charge in [-0.2, -0.15) is 0 Å². The molecule has 0 bridgehead atoms. The fourth-order valence-corrected chi connectivity index (χ4v) is 3.08. The molecule has 2 aromatic rings. The number of benzene rings is 2. The van der Waals surface area contributed by atoms with Gasteiger partial charge in [0, 0.05) is 24.7 Å². The Morgan fingerprint density at radius 2 is 1.96 bits per heavy atom. The van der Waals surface area contributed by atoms with Gasteiger partial charge in [-0.05, 0) is 36.2 Å². The Labute approximate surface area is 158 Å². The van der Waals surface area contributed by atoms with Gasteiger partial charge < -0.3 is 23.8 Å². The maximum Gasteiger partial charge on any atom is 0.254 e. The summed E-state index contributed by atoms with van der Waals surface area (Å²) in [6.07, 6.45) is 2.34. The Balaban J connectivity index is 1.83. The normalized spacial score (nSPS) is 11.8. The number of carbonyl (C=O) groups is 1. The van der Waals surface area contributed by atoms with Crippen molar-refractivity contribution < 1.29 is 23.7 Å². The summed E-state index contributed by atoms with van der Waals surface area (Å²) in [5, 5.41) is 0. The minimum atomic E-state index is -0.112. The summed E-state index contributed by atoms with van der Waals surface area (Å²) in [6, 6.07) is 9.19. The van der Waals surface area contributed by atoms with Gasteiger partial charge in [0.2, 0.25) is 6.79 Å². The molecule has 1 aliphatic heterocycles. The third-order valence-electron chi connectivity index (χ3n) is 4.37. The molecule has 0 unspecified atom stereocenters. The molecule has 142 valence electrons. The molecule has 0 aromatic heterocycles. The van der Waals surface area contributed by atoms with Gasteiger partial charge in [-0.15, -0.1) is 6.58 Å². The smallest absolute Gasteiger partial charge is 0.254 e. The first-order chi connectivity index (χ1) is 13.1. The maximum absolute atomic E-state index is 13.0. The Morgan fingerprint density at radius 3 is 2.67 bits per heavy atom. The summed E-state index contributed by atoms with van der Waals surface area (Å²) in [6.45, 7) is 4.44. The monoisotopic (exact) mass is 369 g/mol. The topological polar surface area (TPSA) is 57.2 Å². The standard InChI is InChI=1S/C21H23NO5/c1-5-6-15-10-16(11-19(24-3)20(15)25-4)21(23)22(2)12-14-7-8-17-18(9-14)27-13-26-17/h5,7-11H,1,6,12-13H2,2-4H3. The third-order valence-corrected chi connectivity index (χ3v) is 4.37. The zero-order valence-corrected chi connectivity index (χ0v) is 15.8. The molecule has 6 heteroatoms. The van der Waals surface area contributed by atoms with Crippen LogP contribution in [0.3, 0.4) is 0 Å². The highest BCUT2D eigenvalue weighted by Crippen LogP contribution is 2.34. The van der Waals surface area contributed by atoms with E-state index < -0.39 is 0 Å². The first-order valence-corrected chi connectivity index (χ1v) is 8.57. The van der Waals surface area contributed by atoms with Gasteiger partial charge in [0.25, 0.3) is 5.91 Å². The molecule has 0 radical (unpaired) electrons. The van der Waals surface area contributed by atoms with Crippen LogP contribution >= 0.6 is 0 Å². The van der Waals surface area contributed by atoms with E-state index in [0.717, 1.165) is 16.9 Å². The van der Waals surface area contributed by atoms with E-state index >= 15 is 0 Å². The highest BCUT2D eigenvalue weighted by molar-refractivity contribution is 5.95. The van der Waals surface area contributed by atoms with Gasteiger partial charge in [0.1, 0.15) is 0 Å². The highest BCUT2D eigenvalue weighted by atomic mass is 16.7. The van der Waals surface area contributed by atoms with Crippen LogP contribution in [0.4, 0.5) is 0 Å². The summed E-state index contributed by atoms with van der Waals surface area (Å²) < 4.78 is 21.6. The van der Waals surface area contributed by atoms with Crippen LogP contribution in [0.5, 0.6) is 23.0 Å². The minimum Gasteiger partial charge on any atom is -0.493 e. The summed E-state index contributed by atoms with van der Waals surface area (Å²) in [4.78, 5) is 14.6. The largest absolute Gasteiger partial charge is 0.493 e. The molecule has 0 spiro atoms. The van der Waals surface area contributed by atoms with E-state index in [-0.39, 0.29) is 12.7 Å². The fraction of sp³-hybridized carbons (Fsp3) is 0.286. The predicted octanol–water partition coefficient (Wildman–Crippen LogP) is 3.43. The lowest BCUT2D eigenvalue weighted by molar-refractivity contribution is 0.0784. The summed E-state index contributed by atoms with van der Waals surface area (Å²) in [5.41, 5.74) is 2.35. The van der Waals surface area contributed by atoms with Crippen molar-refractivity contribution in [1.29, 1.82) is 0 Å². The number of carbonyl (C=O) groups excluding carboxylic acids is 1. The average Bonchev–Trinajstić information content (AvgIpc) is 3.14. The molecule has 0 N–H and O–H groups in total. The van der Waals surface area contributed by atoms with Crippen molar-refractivity contribution in [2.45, 2.75) is 13.0 Å². The minimum absolute atomic E-state index is 0.112. The summed E-state index contributed by atoms with van der Waals surface area (Å²) >= 11 is 0. The Bertz CT molecular complexity index is 862. The molecule has 1 heterocycles. The zero-order valence-electron chi connectivity index (χ0n) is 15.8. The second-order valence-electron chi connectivity index (χ2n) is 6.21. The van der Waals surface area contributed by atoms with E-state index in [1.807, 2.05) is 24.3 Å². The maximum atomic E-state index is 13.0. The lowest BCUT2D eigenvalue weighted by Gasteiger charge is -2.20. The number of nitrogens with zero attached hydrogens (tertiary/aromatic N) is 1. The molecule has 0 fully saturated rings. The Hall–Kier alpha value is -3.15. The second kappa shape index (κ2) is 8.03. The number of hydrogen-bond donors (Lipinski definition) is 0. The van der Waals surface area contributed by atoms with Crippen LogP contribution in [0.25, 0.3) is 0 Å². The quantitative estimate of drug-likeness (QED) is 0.700. The van der Waals surface area contributed by atoms with Crippen LogP contribution in [0.2, 0.25) is 0 Å². The highest BCUT2D eigenvalue weighted by Gasteiger charge is 2.19. The molecule has 6 nitrogen and oxygen atoms in total. The zero-order chi connectivity index (χ0) is 19.4. The molecule has 1 aliphatic rings. The number of ether oxygens (including phenoxy) is 4. The molecular formula is C21H23NO5. The molecule has 1 amide bonds. The molecule has 0 saturated heterocycles. The lowest BCUT2D eigenvalue weighted by atomic mass is 10.0. The Morgan fingerprint density at radius 1 is 1.19 bits per heavy atom. The van der Waals surface area contributed by atoms with E-state index in [1.165, 1.54) is 0 Å². The van der Waals surface area contributed by atoms with E-state index in [4.69, 9.17) is 18.9 Å². The van der Waals surface area contributed by atoms with E-state index in [2.05, 4.69) is 6.58 Å². The van der Waals surface area contributed by atoms with Crippen LogP contribution < -0.4 is 18.9 Å². The number of rotatable bonds is 7. The van der Waals surface area contributed by atoms with Crippen LogP contribution in [-0.2, 0) is 13.0 Å². The third kappa shape index (κ3) is 3.84. The van der Waals surface area contributed by atoms with Crippen molar-refractivity contribution in [3.8, 4) is 23.0 Å². The molecule has 0 aliphatic carbocycles. The SMILES string of the molecule is C=CCc1cc(C(=O)N(C)Cc2ccc3c(c2)OCO3)cc(OC)c1OC. The van der Waals surface area contributed by atoms with Crippen molar-refractivity contribution in [2.75, 3.05) is 28.1 Å². The number of hydrogen-bond acceptors (Lipinski definition) is 5. The van der Waals surface area contributed by atoms with Crippen molar-refractivity contribution in [3.63, 3.8) is 0 Å². The van der Waals surface area contributed by atoms with Gasteiger partial charge in [-0.3, -0.25) is 4.79 Å². The number of amides is 1. The van der Waals surface area contributed by atoms with Crippen molar-refractivity contribution in [2.24, 2.45) is 0 Å². The van der Waals surface area contributed by atoms with Crippen molar-refractivity contribution in [3.05, 3.63) is 59.7 Å². The molecule has 27 heavy (non-hydrogen) atoms. The summed E-state index contributed by atoms with van der Waals surface area (Å²) in [5.74, 6) is 2.46. The van der Waals surface area contributed by atoms with Gasteiger partial charge >= 0.3 is 0 Å². The van der Waals surface area contributed by atoms with Crippen LogP contribution in [0.1, 0.15) is 21.5 Å². The first-order valence-electron chi connectivity index (χ1n) is 8.57. The lowest BCUT2D eigenvalue weighted by Crippen LogP contribution is -2.26. The fourth-order valence-electron chi connectivity index (χ4n) is 3.08. The second-order valence-corrected chi connectivity index (χ2v) is 6.21. The van der Waals surface area contributed by atoms with Gasteiger partial charge in [0.15, 0.2) is 23.0 Å². The first kappa shape index (κ1) is 18.6. The van der Waals surface area contributed by atoms with Gasteiger partial charge in [0.05, 0.1) is 14.2 Å². The summed E-state index contributed by atoms with van der Waals surface area (Å²) in [7, 11) is 4.90. The molecule has 0 atom stereocenters. The van der Waals surface area contributed by atoms with E-state index in [9.17, 15) is 4.79 Å². The predicted molar refractivity (Wildman–Crippen MR) is 102 cm³/mol. The molecule has 3 rings (SSSR count). The number of methoxy groups -OCH3 is 2. The molecular weight excluding hydrogens is 346 g/mol. The van der Waals surface area contributed by atoms with Crippen LogP contribution in [-0.4, -0.2) is 38.9 Å². The van der Waals surface area contributed by atoms with Gasteiger partial charge in [-0.1, -0.05) is 12.1 Å². The van der Waals surface area contributed by atoms with Crippen LogP contribution in [0, 0.1) is 0 Å². The average molecular weight is 369 g/mol.